The number of aryl methyl sites for hydroxylation is 1. The Bertz CT molecular complexity index is 616. The van der Waals surface area contributed by atoms with Crippen LogP contribution in [0.4, 0.5) is 5.69 Å². The van der Waals surface area contributed by atoms with Gasteiger partial charge in [0.15, 0.2) is 0 Å². The molecule has 2 N–H and O–H groups in total. The minimum atomic E-state index is -0.0565. The van der Waals surface area contributed by atoms with E-state index in [4.69, 9.17) is 0 Å². The fourth-order valence-electron chi connectivity index (χ4n) is 2.01. The Balaban J connectivity index is 1.87. The number of benzene rings is 1. The average Bonchev–Trinajstić information content (AvgIpc) is 2.47. The van der Waals surface area contributed by atoms with Gasteiger partial charge in [-0.15, -0.1) is 0 Å². The summed E-state index contributed by atoms with van der Waals surface area (Å²) in [4.78, 5) is 16.0. The van der Waals surface area contributed by atoms with E-state index in [1.165, 1.54) is 0 Å². The lowest BCUT2D eigenvalue weighted by Crippen LogP contribution is -2.32. The van der Waals surface area contributed by atoms with Gasteiger partial charge >= 0.3 is 0 Å². The van der Waals surface area contributed by atoms with E-state index in [0.717, 1.165) is 21.3 Å². The molecule has 0 fully saturated rings. The Morgan fingerprint density at radius 3 is 2.86 bits per heavy atom. The Morgan fingerprint density at radius 1 is 1.38 bits per heavy atom. The van der Waals surface area contributed by atoms with Crippen molar-refractivity contribution < 1.29 is 4.79 Å². The van der Waals surface area contributed by atoms with E-state index in [2.05, 4.69) is 31.5 Å². The summed E-state index contributed by atoms with van der Waals surface area (Å²) in [5.41, 5.74) is 3.05. The second-order valence-electron chi connectivity index (χ2n) is 4.89. The van der Waals surface area contributed by atoms with Crippen molar-refractivity contribution in [2.45, 2.75) is 19.9 Å². The van der Waals surface area contributed by atoms with Crippen LogP contribution in [0.3, 0.4) is 0 Å². The zero-order valence-electron chi connectivity index (χ0n) is 12.1. The van der Waals surface area contributed by atoms with Crippen molar-refractivity contribution in [2.75, 3.05) is 11.9 Å². The number of rotatable bonds is 5. The van der Waals surface area contributed by atoms with Gasteiger partial charge in [0.2, 0.25) is 5.91 Å². The van der Waals surface area contributed by atoms with E-state index in [1.54, 1.807) is 12.4 Å². The average molecular weight is 348 g/mol. The Hall–Kier alpha value is -1.88. The molecular formula is C16H18BrN3O. The second kappa shape index (κ2) is 7.22. The standard InChI is InChI=1S/C16H18BrN3O/c1-11-8-14(17)5-6-15(11)19-10-16(21)20-12(2)13-4-3-7-18-9-13/h3-9,12,19H,10H2,1-2H3,(H,20,21). The number of hydrogen-bond acceptors (Lipinski definition) is 3. The van der Waals surface area contributed by atoms with E-state index in [0.29, 0.717) is 0 Å². The molecule has 0 aliphatic rings. The molecule has 21 heavy (non-hydrogen) atoms. The van der Waals surface area contributed by atoms with E-state index in [9.17, 15) is 4.79 Å². The minimum Gasteiger partial charge on any atom is -0.376 e. The predicted molar refractivity (Wildman–Crippen MR) is 88.2 cm³/mol. The molecule has 0 bridgehead atoms. The molecule has 5 heteroatoms. The summed E-state index contributed by atoms with van der Waals surface area (Å²) in [5, 5.41) is 6.09. The van der Waals surface area contributed by atoms with Gasteiger partial charge in [0.25, 0.3) is 0 Å². The summed E-state index contributed by atoms with van der Waals surface area (Å²) < 4.78 is 1.03. The molecule has 0 saturated heterocycles. The molecule has 2 rings (SSSR count). The molecule has 0 aliphatic heterocycles. The molecule has 1 heterocycles. The van der Waals surface area contributed by atoms with Crippen LogP contribution >= 0.6 is 15.9 Å². The van der Waals surface area contributed by atoms with Gasteiger partial charge in [0.05, 0.1) is 12.6 Å². The van der Waals surface area contributed by atoms with E-state index >= 15 is 0 Å². The number of aromatic nitrogens is 1. The molecule has 0 aliphatic carbocycles. The lowest BCUT2D eigenvalue weighted by Gasteiger charge is -2.15. The normalized spacial score (nSPS) is 11.8. The monoisotopic (exact) mass is 347 g/mol. The third-order valence-corrected chi connectivity index (χ3v) is 3.68. The van der Waals surface area contributed by atoms with Gasteiger partial charge in [-0.1, -0.05) is 22.0 Å². The van der Waals surface area contributed by atoms with Crippen LogP contribution in [0.2, 0.25) is 0 Å². The number of nitrogens with zero attached hydrogens (tertiary/aromatic N) is 1. The molecular weight excluding hydrogens is 330 g/mol. The van der Waals surface area contributed by atoms with Crippen LogP contribution in [0.5, 0.6) is 0 Å². The van der Waals surface area contributed by atoms with Gasteiger partial charge in [0, 0.05) is 22.6 Å². The Kier molecular flexibility index (Phi) is 5.33. The zero-order chi connectivity index (χ0) is 15.2. The number of carbonyl (C=O) groups is 1. The molecule has 0 radical (unpaired) electrons. The maximum absolute atomic E-state index is 12.0. The SMILES string of the molecule is Cc1cc(Br)ccc1NCC(=O)NC(C)c1cccnc1. The number of halogens is 1. The number of carbonyl (C=O) groups excluding carboxylic acids is 1. The first kappa shape index (κ1) is 15.5. The van der Waals surface area contributed by atoms with Gasteiger partial charge in [-0.25, -0.2) is 0 Å². The van der Waals surface area contributed by atoms with Crippen molar-refractivity contribution in [1.82, 2.24) is 10.3 Å². The van der Waals surface area contributed by atoms with Crippen molar-refractivity contribution in [1.29, 1.82) is 0 Å². The lowest BCUT2D eigenvalue weighted by molar-refractivity contribution is -0.120. The van der Waals surface area contributed by atoms with Crippen LogP contribution in [-0.4, -0.2) is 17.4 Å². The van der Waals surface area contributed by atoms with Gasteiger partial charge in [-0.3, -0.25) is 9.78 Å². The Labute approximate surface area is 133 Å². The minimum absolute atomic E-state index is 0.0475. The predicted octanol–water partition coefficient (Wildman–Crippen LogP) is 3.44. The van der Waals surface area contributed by atoms with E-state index in [-0.39, 0.29) is 18.5 Å². The highest BCUT2D eigenvalue weighted by atomic mass is 79.9. The molecule has 110 valence electrons. The number of hydrogen-bond donors (Lipinski definition) is 2. The smallest absolute Gasteiger partial charge is 0.239 e. The summed E-state index contributed by atoms with van der Waals surface area (Å²) in [5.74, 6) is -0.0475. The molecule has 1 amide bonds. The number of pyridine rings is 1. The highest BCUT2D eigenvalue weighted by Crippen LogP contribution is 2.19. The van der Waals surface area contributed by atoms with E-state index in [1.807, 2.05) is 44.2 Å². The summed E-state index contributed by atoms with van der Waals surface area (Å²) in [6, 6.07) is 9.67. The van der Waals surface area contributed by atoms with Gasteiger partial charge < -0.3 is 10.6 Å². The van der Waals surface area contributed by atoms with Gasteiger partial charge in [-0.05, 0) is 49.2 Å². The first-order valence-electron chi connectivity index (χ1n) is 6.75. The van der Waals surface area contributed by atoms with Crippen molar-refractivity contribution in [3.8, 4) is 0 Å². The fraction of sp³-hybridized carbons (Fsp3) is 0.250. The molecule has 0 saturated carbocycles. The van der Waals surface area contributed by atoms with Crippen molar-refractivity contribution in [3.05, 3.63) is 58.3 Å². The molecule has 1 aromatic carbocycles. The first-order chi connectivity index (χ1) is 10.1. The molecule has 1 aromatic heterocycles. The van der Waals surface area contributed by atoms with Crippen LogP contribution < -0.4 is 10.6 Å². The first-order valence-corrected chi connectivity index (χ1v) is 7.55. The zero-order valence-corrected chi connectivity index (χ0v) is 13.6. The van der Waals surface area contributed by atoms with Crippen LogP contribution in [0, 0.1) is 6.92 Å². The second-order valence-corrected chi connectivity index (χ2v) is 5.80. The topological polar surface area (TPSA) is 54.0 Å². The third kappa shape index (κ3) is 4.56. The van der Waals surface area contributed by atoms with Crippen molar-refractivity contribution in [2.24, 2.45) is 0 Å². The third-order valence-electron chi connectivity index (χ3n) is 3.19. The summed E-state index contributed by atoms with van der Waals surface area (Å²) in [7, 11) is 0. The maximum atomic E-state index is 12.0. The summed E-state index contributed by atoms with van der Waals surface area (Å²) >= 11 is 3.42. The number of anilines is 1. The highest BCUT2D eigenvalue weighted by Gasteiger charge is 2.09. The van der Waals surface area contributed by atoms with Crippen LogP contribution in [0.15, 0.2) is 47.2 Å². The largest absolute Gasteiger partial charge is 0.376 e. The number of amides is 1. The number of nitrogens with one attached hydrogen (secondary N) is 2. The van der Waals surface area contributed by atoms with Crippen molar-refractivity contribution in [3.63, 3.8) is 0 Å². The summed E-state index contributed by atoms with van der Waals surface area (Å²) in [6.07, 6.45) is 3.48. The van der Waals surface area contributed by atoms with Gasteiger partial charge in [-0.2, -0.15) is 0 Å². The van der Waals surface area contributed by atoms with Crippen LogP contribution in [-0.2, 0) is 4.79 Å². The van der Waals surface area contributed by atoms with Crippen molar-refractivity contribution >= 4 is 27.5 Å². The molecule has 2 aromatic rings. The van der Waals surface area contributed by atoms with Gasteiger partial charge in [0.1, 0.15) is 0 Å². The molecule has 1 atom stereocenters. The Morgan fingerprint density at radius 2 is 2.19 bits per heavy atom. The fourth-order valence-corrected chi connectivity index (χ4v) is 2.48. The lowest BCUT2D eigenvalue weighted by atomic mass is 10.1. The molecule has 1 unspecified atom stereocenters. The highest BCUT2D eigenvalue weighted by molar-refractivity contribution is 9.10. The van der Waals surface area contributed by atoms with Crippen LogP contribution in [0.25, 0.3) is 0 Å². The van der Waals surface area contributed by atoms with E-state index < -0.39 is 0 Å². The summed E-state index contributed by atoms with van der Waals surface area (Å²) in [6.45, 7) is 4.19. The molecule has 0 spiro atoms. The quantitative estimate of drug-likeness (QED) is 0.870. The molecule has 4 nitrogen and oxygen atoms in total. The van der Waals surface area contributed by atoms with Crippen LogP contribution in [0.1, 0.15) is 24.1 Å². The maximum Gasteiger partial charge on any atom is 0.239 e.